The highest BCUT2D eigenvalue weighted by Gasteiger charge is 2.07. The van der Waals surface area contributed by atoms with Gasteiger partial charge in [-0.15, -0.1) is 0 Å². The highest BCUT2D eigenvalue weighted by molar-refractivity contribution is 5.26. The molecule has 1 aromatic rings. The van der Waals surface area contributed by atoms with Crippen molar-refractivity contribution in [1.82, 2.24) is 5.32 Å². The van der Waals surface area contributed by atoms with Gasteiger partial charge in [0, 0.05) is 6.54 Å². The molecule has 0 heterocycles. The number of likely N-dealkylation sites (N-methyl/N-ethyl adjacent to an activating group) is 1. The fourth-order valence-corrected chi connectivity index (χ4v) is 1.56. The summed E-state index contributed by atoms with van der Waals surface area (Å²) in [4.78, 5) is 0. The van der Waals surface area contributed by atoms with Crippen molar-refractivity contribution in [3.05, 3.63) is 29.8 Å². The van der Waals surface area contributed by atoms with Crippen molar-refractivity contribution in [1.29, 1.82) is 0 Å². The van der Waals surface area contributed by atoms with Crippen LogP contribution in [0.3, 0.4) is 0 Å². The smallest absolute Gasteiger partial charge is 0.119 e. The maximum absolute atomic E-state index is 5.89. The first-order valence-corrected chi connectivity index (χ1v) is 5.64. The van der Waals surface area contributed by atoms with Gasteiger partial charge >= 0.3 is 0 Å². The van der Waals surface area contributed by atoms with Gasteiger partial charge in [0.05, 0.1) is 0 Å². The Bertz CT molecular complexity index is 262. The summed E-state index contributed by atoms with van der Waals surface area (Å²) in [7, 11) is 1.96. The third-order valence-corrected chi connectivity index (χ3v) is 2.37. The van der Waals surface area contributed by atoms with E-state index in [1.54, 1.807) is 0 Å². The van der Waals surface area contributed by atoms with Crippen LogP contribution in [0.25, 0.3) is 0 Å². The molecule has 0 aliphatic heterocycles. The van der Waals surface area contributed by atoms with E-state index in [0.29, 0.717) is 0 Å². The Balaban J connectivity index is 2.53. The standard InChI is InChI=1S/C13H21NO/c1-4-5-13(10-14-3)15-12-8-6-11(2)7-9-12/h6-9,13-14H,4-5,10H2,1-3H3. The van der Waals surface area contributed by atoms with E-state index in [2.05, 4.69) is 31.3 Å². The highest BCUT2D eigenvalue weighted by Crippen LogP contribution is 2.14. The summed E-state index contributed by atoms with van der Waals surface area (Å²) in [5.41, 5.74) is 1.27. The van der Waals surface area contributed by atoms with E-state index in [4.69, 9.17) is 4.74 Å². The Kier molecular flexibility index (Phi) is 5.19. The Hall–Kier alpha value is -1.02. The van der Waals surface area contributed by atoms with Crippen LogP contribution in [-0.2, 0) is 0 Å². The quantitative estimate of drug-likeness (QED) is 0.774. The van der Waals surface area contributed by atoms with Crippen molar-refractivity contribution in [2.45, 2.75) is 32.8 Å². The molecule has 0 fully saturated rings. The molecule has 0 amide bonds. The van der Waals surface area contributed by atoms with Crippen LogP contribution in [-0.4, -0.2) is 19.7 Å². The van der Waals surface area contributed by atoms with Gasteiger partial charge in [-0.2, -0.15) is 0 Å². The number of rotatable bonds is 6. The highest BCUT2D eigenvalue weighted by atomic mass is 16.5. The Morgan fingerprint density at radius 1 is 1.27 bits per heavy atom. The van der Waals surface area contributed by atoms with Crippen LogP contribution in [0.5, 0.6) is 5.75 Å². The van der Waals surface area contributed by atoms with Crippen molar-refractivity contribution in [3.63, 3.8) is 0 Å². The first-order valence-electron chi connectivity index (χ1n) is 5.64. The Labute approximate surface area is 92.6 Å². The zero-order valence-corrected chi connectivity index (χ0v) is 9.92. The van der Waals surface area contributed by atoms with Crippen LogP contribution in [0.1, 0.15) is 25.3 Å². The monoisotopic (exact) mass is 207 g/mol. The Morgan fingerprint density at radius 3 is 2.47 bits per heavy atom. The van der Waals surface area contributed by atoms with Gasteiger partial charge in [-0.05, 0) is 32.5 Å². The minimum Gasteiger partial charge on any atom is -0.489 e. The lowest BCUT2D eigenvalue weighted by Crippen LogP contribution is -2.29. The summed E-state index contributed by atoms with van der Waals surface area (Å²) in [6, 6.07) is 8.23. The Morgan fingerprint density at radius 2 is 1.93 bits per heavy atom. The molecule has 0 aliphatic carbocycles. The molecule has 0 aliphatic rings. The van der Waals surface area contributed by atoms with Crippen molar-refractivity contribution >= 4 is 0 Å². The molecule has 2 heteroatoms. The SMILES string of the molecule is CCCC(CNC)Oc1ccc(C)cc1. The van der Waals surface area contributed by atoms with Crippen molar-refractivity contribution in [2.75, 3.05) is 13.6 Å². The minimum absolute atomic E-state index is 0.280. The summed E-state index contributed by atoms with van der Waals surface area (Å²) in [5, 5.41) is 3.16. The number of benzene rings is 1. The first-order chi connectivity index (χ1) is 7.26. The maximum Gasteiger partial charge on any atom is 0.119 e. The van der Waals surface area contributed by atoms with Crippen LogP contribution in [0.4, 0.5) is 0 Å². The summed E-state index contributed by atoms with van der Waals surface area (Å²) in [6.45, 7) is 5.17. The molecule has 0 spiro atoms. The lowest BCUT2D eigenvalue weighted by Gasteiger charge is -2.18. The molecular weight excluding hydrogens is 186 g/mol. The summed E-state index contributed by atoms with van der Waals surface area (Å²) < 4.78 is 5.89. The molecule has 0 aromatic heterocycles. The molecule has 1 unspecified atom stereocenters. The number of aryl methyl sites for hydroxylation is 1. The van der Waals surface area contributed by atoms with Crippen LogP contribution in [0.15, 0.2) is 24.3 Å². The normalized spacial score (nSPS) is 12.5. The van der Waals surface area contributed by atoms with Crippen molar-refractivity contribution in [2.24, 2.45) is 0 Å². The fourth-order valence-electron chi connectivity index (χ4n) is 1.56. The first kappa shape index (κ1) is 12.1. The predicted octanol–water partition coefficient (Wildman–Crippen LogP) is 2.76. The second-order valence-electron chi connectivity index (χ2n) is 3.90. The lowest BCUT2D eigenvalue weighted by molar-refractivity contribution is 0.189. The number of hydrogen-bond donors (Lipinski definition) is 1. The van der Waals surface area contributed by atoms with E-state index in [9.17, 15) is 0 Å². The second-order valence-corrected chi connectivity index (χ2v) is 3.90. The van der Waals surface area contributed by atoms with E-state index in [1.807, 2.05) is 19.2 Å². The number of ether oxygens (including phenoxy) is 1. The summed E-state index contributed by atoms with van der Waals surface area (Å²) >= 11 is 0. The summed E-state index contributed by atoms with van der Waals surface area (Å²) in [6.07, 6.45) is 2.52. The molecule has 15 heavy (non-hydrogen) atoms. The van der Waals surface area contributed by atoms with Gasteiger partial charge in [-0.25, -0.2) is 0 Å². The van der Waals surface area contributed by atoms with Gasteiger partial charge in [0.2, 0.25) is 0 Å². The third-order valence-electron chi connectivity index (χ3n) is 2.37. The minimum atomic E-state index is 0.280. The fraction of sp³-hybridized carbons (Fsp3) is 0.538. The van der Waals surface area contributed by atoms with E-state index in [1.165, 1.54) is 5.56 Å². The predicted molar refractivity (Wildman–Crippen MR) is 64.4 cm³/mol. The molecule has 2 nitrogen and oxygen atoms in total. The average molecular weight is 207 g/mol. The van der Waals surface area contributed by atoms with Crippen LogP contribution >= 0.6 is 0 Å². The third kappa shape index (κ3) is 4.34. The van der Waals surface area contributed by atoms with Crippen molar-refractivity contribution < 1.29 is 4.74 Å². The van der Waals surface area contributed by atoms with Crippen LogP contribution < -0.4 is 10.1 Å². The summed E-state index contributed by atoms with van der Waals surface area (Å²) in [5.74, 6) is 0.967. The largest absolute Gasteiger partial charge is 0.489 e. The van der Waals surface area contributed by atoms with Gasteiger partial charge in [0.1, 0.15) is 11.9 Å². The molecule has 1 rings (SSSR count). The second kappa shape index (κ2) is 6.46. The van der Waals surface area contributed by atoms with Gasteiger partial charge in [0.15, 0.2) is 0 Å². The van der Waals surface area contributed by atoms with Gasteiger partial charge in [0.25, 0.3) is 0 Å². The van der Waals surface area contributed by atoms with E-state index >= 15 is 0 Å². The molecule has 0 saturated carbocycles. The van der Waals surface area contributed by atoms with Gasteiger partial charge < -0.3 is 10.1 Å². The zero-order valence-electron chi connectivity index (χ0n) is 9.92. The zero-order chi connectivity index (χ0) is 11.1. The van der Waals surface area contributed by atoms with Crippen molar-refractivity contribution in [3.8, 4) is 5.75 Å². The molecule has 1 aromatic carbocycles. The molecule has 1 atom stereocenters. The van der Waals surface area contributed by atoms with E-state index in [0.717, 1.165) is 25.1 Å². The maximum atomic E-state index is 5.89. The van der Waals surface area contributed by atoms with Gasteiger partial charge in [-0.1, -0.05) is 31.0 Å². The van der Waals surface area contributed by atoms with E-state index in [-0.39, 0.29) is 6.10 Å². The average Bonchev–Trinajstić information content (AvgIpc) is 2.22. The molecule has 0 saturated heterocycles. The van der Waals surface area contributed by atoms with E-state index < -0.39 is 0 Å². The topological polar surface area (TPSA) is 21.3 Å². The number of hydrogen-bond acceptors (Lipinski definition) is 2. The van der Waals surface area contributed by atoms with Crippen LogP contribution in [0, 0.1) is 6.92 Å². The molecule has 0 radical (unpaired) electrons. The van der Waals surface area contributed by atoms with Gasteiger partial charge in [-0.3, -0.25) is 0 Å². The number of nitrogens with one attached hydrogen (secondary N) is 1. The molecule has 84 valence electrons. The lowest BCUT2D eigenvalue weighted by atomic mass is 10.2. The molecular formula is C13H21NO. The molecule has 0 bridgehead atoms. The molecule has 1 N–H and O–H groups in total. The van der Waals surface area contributed by atoms with Crippen LogP contribution in [0.2, 0.25) is 0 Å².